The highest BCUT2D eigenvalue weighted by Crippen LogP contribution is 2.31. The van der Waals surface area contributed by atoms with Gasteiger partial charge in [-0.1, -0.05) is 11.6 Å². The van der Waals surface area contributed by atoms with E-state index in [1.807, 2.05) is 0 Å². The lowest BCUT2D eigenvalue weighted by Gasteiger charge is -2.08. The topological polar surface area (TPSA) is 85.4 Å². The van der Waals surface area contributed by atoms with Crippen LogP contribution in [0, 0.1) is 0 Å². The Labute approximate surface area is 143 Å². The number of anilines is 1. The van der Waals surface area contributed by atoms with Gasteiger partial charge in [-0.15, -0.1) is 11.3 Å². The van der Waals surface area contributed by atoms with Crippen molar-refractivity contribution >= 4 is 43.8 Å². The van der Waals surface area contributed by atoms with E-state index in [9.17, 15) is 13.2 Å². The molecular formula is C14H15ClN2O4S2. The third kappa shape index (κ3) is 4.21. The molecule has 2 aromatic rings. The number of carbonyl (C=O) groups excluding carboxylic acids is 1. The van der Waals surface area contributed by atoms with E-state index in [1.54, 1.807) is 23.6 Å². The second-order valence-electron chi connectivity index (χ2n) is 4.85. The summed E-state index contributed by atoms with van der Waals surface area (Å²) in [7, 11) is -1.92. The molecule has 1 amide bonds. The number of halogens is 1. The van der Waals surface area contributed by atoms with E-state index in [0.29, 0.717) is 21.6 Å². The highest BCUT2D eigenvalue weighted by molar-refractivity contribution is 7.92. The number of thiazole rings is 1. The number of amides is 1. The minimum atomic E-state index is -3.45. The van der Waals surface area contributed by atoms with Crippen LogP contribution in [-0.4, -0.2) is 37.9 Å². The summed E-state index contributed by atoms with van der Waals surface area (Å²) in [5.41, 5.74) is 1.39. The summed E-state index contributed by atoms with van der Waals surface area (Å²) in [5.74, 6) is -0.0534. The van der Waals surface area contributed by atoms with Crippen molar-refractivity contribution in [3.63, 3.8) is 0 Å². The first-order valence-corrected chi connectivity index (χ1v) is 9.72. The number of benzene rings is 1. The molecule has 1 aromatic carbocycles. The first-order valence-electron chi connectivity index (χ1n) is 6.51. The van der Waals surface area contributed by atoms with Crippen LogP contribution in [0.3, 0.4) is 0 Å². The van der Waals surface area contributed by atoms with Crippen LogP contribution in [0.25, 0.3) is 11.3 Å². The van der Waals surface area contributed by atoms with Crippen molar-refractivity contribution in [2.75, 3.05) is 18.7 Å². The van der Waals surface area contributed by atoms with E-state index in [4.69, 9.17) is 16.3 Å². The van der Waals surface area contributed by atoms with Crippen molar-refractivity contribution in [1.82, 2.24) is 4.98 Å². The third-order valence-electron chi connectivity index (χ3n) is 3.19. The molecule has 23 heavy (non-hydrogen) atoms. The van der Waals surface area contributed by atoms with Gasteiger partial charge in [0.15, 0.2) is 15.0 Å². The highest BCUT2D eigenvalue weighted by Gasteiger charge is 2.24. The average Bonchev–Trinajstić information content (AvgIpc) is 2.93. The van der Waals surface area contributed by atoms with Crippen molar-refractivity contribution in [1.29, 1.82) is 0 Å². The Morgan fingerprint density at radius 2 is 2.13 bits per heavy atom. The van der Waals surface area contributed by atoms with Crippen molar-refractivity contribution in [2.24, 2.45) is 0 Å². The number of sulfone groups is 1. The maximum Gasteiger partial charge on any atom is 0.244 e. The van der Waals surface area contributed by atoms with Crippen molar-refractivity contribution < 1.29 is 17.9 Å². The molecule has 0 aliphatic carbocycles. The van der Waals surface area contributed by atoms with Crippen LogP contribution in [0.5, 0.6) is 5.75 Å². The van der Waals surface area contributed by atoms with Crippen LogP contribution in [0.15, 0.2) is 23.6 Å². The number of aromatic nitrogens is 1. The number of carbonyl (C=O) groups is 1. The lowest BCUT2D eigenvalue weighted by molar-refractivity contribution is -0.115. The molecule has 6 nitrogen and oxygen atoms in total. The van der Waals surface area contributed by atoms with E-state index in [1.165, 1.54) is 25.4 Å². The molecule has 2 rings (SSSR count). The van der Waals surface area contributed by atoms with Gasteiger partial charge in [-0.3, -0.25) is 4.79 Å². The first-order chi connectivity index (χ1) is 10.7. The zero-order valence-electron chi connectivity index (χ0n) is 12.7. The predicted octanol–water partition coefficient (Wildman–Crippen LogP) is 2.84. The molecule has 1 heterocycles. The summed E-state index contributed by atoms with van der Waals surface area (Å²) < 4.78 is 27.9. The van der Waals surface area contributed by atoms with Gasteiger partial charge in [0.1, 0.15) is 11.0 Å². The zero-order chi connectivity index (χ0) is 17.2. The third-order valence-corrected chi connectivity index (χ3v) is 5.74. The van der Waals surface area contributed by atoms with E-state index in [0.717, 1.165) is 11.8 Å². The summed E-state index contributed by atoms with van der Waals surface area (Å²) in [6.45, 7) is 1.34. The molecule has 9 heteroatoms. The molecule has 0 saturated carbocycles. The Hall–Kier alpha value is -1.64. The van der Waals surface area contributed by atoms with Crippen molar-refractivity contribution in [2.45, 2.75) is 12.2 Å². The Kier molecular flexibility index (Phi) is 5.28. The Morgan fingerprint density at radius 3 is 2.70 bits per heavy atom. The van der Waals surface area contributed by atoms with Crippen molar-refractivity contribution in [3.8, 4) is 17.0 Å². The first kappa shape index (κ1) is 17.7. The number of nitrogens with zero attached hydrogens (tertiary/aromatic N) is 1. The molecule has 1 unspecified atom stereocenters. The fourth-order valence-electron chi connectivity index (χ4n) is 1.69. The summed E-state index contributed by atoms with van der Waals surface area (Å²) >= 11 is 7.28. The van der Waals surface area contributed by atoms with E-state index in [2.05, 4.69) is 10.3 Å². The second-order valence-corrected chi connectivity index (χ2v) is 8.48. The lowest BCUT2D eigenvalue weighted by Crippen LogP contribution is -2.31. The van der Waals surface area contributed by atoms with Gasteiger partial charge in [0.2, 0.25) is 5.91 Å². The lowest BCUT2D eigenvalue weighted by atomic mass is 10.2. The molecule has 124 valence electrons. The van der Waals surface area contributed by atoms with Gasteiger partial charge in [-0.2, -0.15) is 0 Å². The van der Waals surface area contributed by atoms with Crippen LogP contribution in [0.2, 0.25) is 5.02 Å². The minimum Gasteiger partial charge on any atom is -0.495 e. The Morgan fingerprint density at radius 1 is 1.43 bits per heavy atom. The maximum atomic E-state index is 11.9. The molecule has 0 spiro atoms. The molecule has 1 N–H and O–H groups in total. The van der Waals surface area contributed by atoms with Gasteiger partial charge in [0.25, 0.3) is 0 Å². The molecule has 0 aliphatic rings. The number of hydrogen-bond donors (Lipinski definition) is 1. The number of ether oxygens (including phenoxy) is 1. The number of nitrogens with one attached hydrogen (secondary N) is 1. The van der Waals surface area contributed by atoms with Crippen LogP contribution in [0.4, 0.5) is 5.13 Å². The van der Waals surface area contributed by atoms with Gasteiger partial charge in [-0.05, 0) is 25.1 Å². The summed E-state index contributed by atoms with van der Waals surface area (Å²) in [6, 6.07) is 5.23. The van der Waals surface area contributed by atoms with Gasteiger partial charge in [0.05, 0.1) is 17.8 Å². The number of rotatable bonds is 5. The summed E-state index contributed by atoms with van der Waals surface area (Å²) in [6.07, 6.45) is 1.02. The second kappa shape index (κ2) is 6.86. The number of methoxy groups -OCH3 is 1. The standard InChI is InChI=1S/C14H15ClN2O4S2/c1-8(23(3,19)20)13(18)17-14-16-11(7-22-14)9-4-5-12(21-2)10(15)6-9/h4-8H,1-3H3,(H,16,17,18). The molecule has 0 radical (unpaired) electrons. The largest absolute Gasteiger partial charge is 0.495 e. The quantitative estimate of drug-likeness (QED) is 0.869. The molecule has 0 fully saturated rings. The Balaban J connectivity index is 2.18. The fourth-order valence-corrected chi connectivity index (χ4v) is 3.12. The monoisotopic (exact) mass is 374 g/mol. The smallest absolute Gasteiger partial charge is 0.244 e. The highest BCUT2D eigenvalue weighted by atomic mass is 35.5. The molecule has 1 atom stereocenters. The van der Waals surface area contributed by atoms with Crippen LogP contribution < -0.4 is 10.1 Å². The molecule has 0 saturated heterocycles. The summed E-state index contributed by atoms with van der Waals surface area (Å²) in [5, 5.41) is 3.90. The minimum absolute atomic E-state index is 0.326. The zero-order valence-corrected chi connectivity index (χ0v) is 15.1. The molecule has 1 aromatic heterocycles. The Bertz CT molecular complexity index is 833. The molecule has 0 bridgehead atoms. The fraction of sp³-hybridized carbons (Fsp3) is 0.286. The summed E-state index contributed by atoms with van der Waals surface area (Å²) in [4.78, 5) is 16.2. The van der Waals surface area contributed by atoms with Gasteiger partial charge in [0, 0.05) is 17.2 Å². The predicted molar refractivity (Wildman–Crippen MR) is 92.0 cm³/mol. The number of hydrogen-bond acceptors (Lipinski definition) is 6. The molecule has 0 aliphatic heterocycles. The van der Waals surface area contributed by atoms with Crippen LogP contribution in [0.1, 0.15) is 6.92 Å². The normalized spacial score (nSPS) is 12.7. The van der Waals surface area contributed by atoms with Crippen LogP contribution in [-0.2, 0) is 14.6 Å². The van der Waals surface area contributed by atoms with Gasteiger partial charge < -0.3 is 10.1 Å². The maximum absolute atomic E-state index is 11.9. The molecular weight excluding hydrogens is 360 g/mol. The van der Waals surface area contributed by atoms with Gasteiger partial charge >= 0.3 is 0 Å². The van der Waals surface area contributed by atoms with E-state index >= 15 is 0 Å². The van der Waals surface area contributed by atoms with Crippen LogP contribution >= 0.6 is 22.9 Å². The van der Waals surface area contributed by atoms with Crippen molar-refractivity contribution in [3.05, 3.63) is 28.6 Å². The van der Waals surface area contributed by atoms with E-state index < -0.39 is 21.0 Å². The SMILES string of the molecule is COc1ccc(-c2csc(NC(=O)C(C)S(C)(=O)=O)n2)cc1Cl. The van der Waals surface area contributed by atoms with E-state index in [-0.39, 0.29) is 0 Å². The van der Waals surface area contributed by atoms with Gasteiger partial charge in [-0.25, -0.2) is 13.4 Å². The average molecular weight is 375 g/mol.